The molecule has 1 aromatic carbocycles. The van der Waals surface area contributed by atoms with Gasteiger partial charge >= 0.3 is 0 Å². The second-order valence-electron chi connectivity index (χ2n) is 4.40. The van der Waals surface area contributed by atoms with Crippen LogP contribution in [0.5, 0.6) is 11.5 Å². The summed E-state index contributed by atoms with van der Waals surface area (Å²) in [4.78, 5) is 4.13. The highest BCUT2D eigenvalue weighted by Crippen LogP contribution is 2.26. The van der Waals surface area contributed by atoms with Crippen LogP contribution in [0.4, 0.5) is 0 Å². The second kappa shape index (κ2) is 6.91. The largest absolute Gasteiger partial charge is 0.504 e. The predicted octanol–water partition coefficient (Wildman–Crippen LogP) is 1.81. The van der Waals surface area contributed by atoms with Crippen LogP contribution in [0.15, 0.2) is 22.7 Å². The lowest BCUT2D eigenvalue weighted by atomic mass is 10.2. The number of hydrogen-bond donors (Lipinski definition) is 2. The molecular weight excluding hydrogens is 258 g/mol. The quantitative estimate of drug-likeness (QED) is 0.751. The number of nitrogens with one attached hydrogen (secondary N) is 1. The van der Waals surface area contributed by atoms with Crippen molar-refractivity contribution in [1.82, 2.24) is 15.5 Å². The van der Waals surface area contributed by atoms with Gasteiger partial charge in [-0.1, -0.05) is 11.2 Å². The van der Waals surface area contributed by atoms with Crippen LogP contribution in [-0.2, 0) is 13.0 Å². The van der Waals surface area contributed by atoms with Crippen molar-refractivity contribution in [3.63, 3.8) is 0 Å². The van der Waals surface area contributed by atoms with Crippen molar-refractivity contribution >= 4 is 0 Å². The SMILES string of the molecule is CCOc1cc(CNCCc2nc(C)no2)ccc1O. The third-order valence-corrected chi connectivity index (χ3v) is 2.74. The summed E-state index contributed by atoms with van der Waals surface area (Å²) in [5.41, 5.74) is 1.05. The molecule has 0 fully saturated rings. The molecule has 0 amide bonds. The molecule has 0 radical (unpaired) electrons. The third-order valence-electron chi connectivity index (χ3n) is 2.74. The fourth-order valence-electron chi connectivity index (χ4n) is 1.81. The highest BCUT2D eigenvalue weighted by Gasteiger charge is 2.04. The first-order valence-electron chi connectivity index (χ1n) is 6.63. The van der Waals surface area contributed by atoms with E-state index in [1.54, 1.807) is 13.0 Å². The van der Waals surface area contributed by atoms with Crippen molar-refractivity contribution in [2.24, 2.45) is 0 Å². The summed E-state index contributed by atoms with van der Waals surface area (Å²) in [5.74, 6) is 1.96. The van der Waals surface area contributed by atoms with Gasteiger partial charge < -0.3 is 19.7 Å². The first-order valence-corrected chi connectivity index (χ1v) is 6.63. The molecule has 6 nitrogen and oxygen atoms in total. The molecule has 20 heavy (non-hydrogen) atoms. The number of rotatable bonds is 7. The molecule has 0 aliphatic carbocycles. The lowest BCUT2D eigenvalue weighted by molar-refractivity contribution is 0.317. The average Bonchev–Trinajstić information content (AvgIpc) is 2.84. The molecule has 0 bridgehead atoms. The molecule has 2 aromatic rings. The summed E-state index contributed by atoms with van der Waals surface area (Å²) in [5, 5.41) is 16.6. The van der Waals surface area contributed by atoms with Crippen LogP contribution in [0.2, 0.25) is 0 Å². The van der Waals surface area contributed by atoms with Crippen molar-refractivity contribution in [2.45, 2.75) is 26.8 Å². The summed E-state index contributed by atoms with van der Waals surface area (Å²) in [6.45, 7) is 5.64. The molecule has 0 aliphatic rings. The summed E-state index contributed by atoms with van der Waals surface area (Å²) in [6, 6.07) is 5.34. The number of phenolic OH excluding ortho intramolecular Hbond substituents is 1. The highest BCUT2D eigenvalue weighted by atomic mass is 16.5. The van der Waals surface area contributed by atoms with E-state index in [4.69, 9.17) is 9.26 Å². The minimum atomic E-state index is 0.164. The van der Waals surface area contributed by atoms with E-state index < -0.39 is 0 Å². The van der Waals surface area contributed by atoms with Crippen LogP contribution in [0.25, 0.3) is 0 Å². The number of hydrogen-bond acceptors (Lipinski definition) is 6. The van der Waals surface area contributed by atoms with Crippen LogP contribution in [0, 0.1) is 6.92 Å². The minimum absolute atomic E-state index is 0.164. The predicted molar refractivity (Wildman–Crippen MR) is 73.7 cm³/mol. The van der Waals surface area contributed by atoms with Gasteiger partial charge in [0.05, 0.1) is 6.61 Å². The Labute approximate surface area is 117 Å². The van der Waals surface area contributed by atoms with Gasteiger partial charge in [-0.2, -0.15) is 4.98 Å². The van der Waals surface area contributed by atoms with E-state index in [0.29, 0.717) is 37.0 Å². The van der Waals surface area contributed by atoms with E-state index in [2.05, 4.69) is 15.5 Å². The Kier molecular flexibility index (Phi) is 4.95. The monoisotopic (exact) mass is 277 g/mol. The van der Waals surface area contributed by atoms with Crippen LogP contribution in [0.3, 0.4) is 0 Å². The van der Waals surface area contributed by atoms with Crippen molar-refractivity contribution < 1.29 is 14.4 Å². The molecule has 0 atom stereocenters. The molecule has 0 unspecified atom stereocenters. The Morgan fingerprint density at radius 3 is 2.95 bits per heavy atom. The Balaban J connectivity index is 1.80. The van der Waals surface area contributed by atoms with E-state index in [1.165, 1.54) is 0 Å². The smallest absolute Gasteiger partial charge is 0.227 e. The van der Waals surface area contributed by atoms with Crippen LogP contribution in [0.1, 0.15) is 24.2 Å². The first kappa shape index (κ1) is 14.3. The fourth-order valence-corrected chi connectivity index (χ4v) is 1.81. The Bertz CT molecular complexity index is 554. The number of phenols is 1. The Morgan fingerprint density at radius 2 is 2.25 bits per heavy atom. The molecule has 108 valence electrons. The molecular formula is C14H19N3O3. The molecule has 1 heterocycles. The summed E-state index contributed by atoms with van der Waals surface area (Å²) >= 11 is 0. The van der Waals surface area contributed by atoms with Gasteiger partial charge in [-0.25, -0.2) is 0 Å². The van der Waals surface area contributed by atoms with Gasteiger partial charge in [-0.15, -0.1) is 0 Å². The fraction of sp³-hybridized carbons (Fsp3) is 0.429. The zero-order chi connectivity index (χ0) is 14.4. The molecule has 0 saturated heterocycles. The lowest BCUT2D eigenvalue weighted by Crippen LogP contribution is -2.16. The van der Waals surface area contributed by atoms with Crippen LogP contribution >= 0.6 is 0 Å². The molecule has 0 spiro atoms. The van der Waals surface area contributed by atoms with Crippen molar-refractivity contribution in [3.05, 3.63) is 35.5 Å². The first-order chi connectivity index (χ1) is 9.69. The van der Waals surface area contributed by atoms with E-state index in [-0.39, 0.29) is 5.75 Å². The number of aryl methyl sites for hydroxylation is 1. The van der Waals surface area contributed by atoms with Gasteiger partial charge in [0.15, 0.2) is 17.3 Å². The van der Waals surface area contributed by atoms with Gasteiger partial charge in [0.2, 0.25) is 5.89 Å². The van der Waals surface area contributed by atoms with Crippen molar-refractivity contribution in [1.29, 1.82) is 0 Å². The van der Waals surface area contributed by atoms with E-state index in [9.17, 15) is 5.11 Å². The normalized spacial score (nSPS) is 10.7. The lowest BCUT2D eigenvalue weighted by Gasteiger charge is -2.08. The molecule has 0 saturated carbocycles. The van der Waals surface area contributed by atoms with Gasteiger partial charge in [-0.3, -0.25) is 0 Å². The van der Waals surface area contributed by atoms with Crippen LogP contribution in [-0.4, -0.2) is 28.4 Å². The number of benzene rings is 1. The molecule has 2 N–H and O–H groups in total. The van der Waals surface area contributed by atoms with Gasteiger partial charge in [0.1, 0.15) is 0 Å². The van der Waals surface area contributed by atoms with Crippen LogP contribution < -0.4 is 10.1 Å². The maximum Gasteiger partial charge on any atom is 0.227 e. The van der Waals surface area contributed by atoms with Gasteiger partial charge in [0.25, 0.3) is 0 Å². The van der Waals surface area contributed by atoms with E-state index >= 15 is 0 Å². The van der Waals surface area contributed by atoms with E-state index in [1.807, 2.05) is 19.1 Å². The van der Waals surface area contributed by atoms with Crippen molar-refractivity contribution in [3.8, 4) is 11.5 Å². The zero-order valence-electron chi connectivity index (χ0n) is 11.7. The number of aromatic hydroxyl groups is 1. The Hall–Kier alpha value is -2.08. The molecule has 6 heteroatoms. The summed E-state index contributed by atoms with van der Waals surface area (Å²) in [7, 11) is 0. The summed E-state index contributed by atoms with van der Waals surface area (Å²) in [6.07, 6.45) is 0.692. The topological polar surface area (TPSA) is 80.4 Å². The molecule has 2 rings (SSSR count). The highest BCUT2D eigenvalue weighted by molar-refractivity contribution is 5.41. The van der Waals surface area contributed by atoms with E-state index in [0.717, 1.165) is 12.1 Å². The maximum absolute atomic E-state index is 9.62. The van der Waals surface area contributed by atoms with Crippen molar-refractivity contribution in [2.75, 3.05) is 13.2 Å². The average molecular weight is 277 g/mol. The standard InChI is InChI=1S/C14H19N3O3/c1-3-19-13-8-11(4-5-12(13)18)9-15-7-6-14-16-10(2)17-20-14/h4-5,8,15,18H,3,6-7,9H2,1-2H3. The van der Waals surface area contributed by atoms with Gasteiger partial charge in [0, 0.05) is 19.5 Å². The molecule has 1 aromatic heterocycles. The zero-order valence-corrected chi connectivity index (χ0v) is 11.7. The number of nitrogens with zero attached hydrogens (tertiary/aromatic N) is 2. The summed E-state index contributed by atoms with van der Waals surface area (Å²) < 4.78 is 10.4. The van der Waals surface area contributed by atoms with Gasteiger partial charge in [-0.05, 0) is 31.5 Å². The second-order valence-corrected chi connectivity index (χ2v) is 4.40. The third kappa shape index (κ3) is 3.96. The maximum atomic E-state index is 9.62. The minimum Gasteiger partial charge on any atom is -0.504 e. The Morgan fingerprint density at radius 1 is 1.40 bits per heavy atom. The number of ether oxygens (including phenoxy) is 1. The number of aromatic nitrogens is 2. The molecule has 0 aliphatic heterocycles.